The van der Waals surface area contributed by atoms with Crippen molar-refractivity contribution in [1.82, 2.24) is 0 Å². The molecule has 0 bridgehead atoms. The summed E-state index contributed by atoms with van der Waals surface area (Å²) < 4.78 is 0. The maximum Gasteiger partial charge on any atom is 0.0173 e. The molecule has 0 radical (unpaired) electrons. The lowest BCUT2D eigenvalue weighted by atomic mass is 10.3. The molecule has 9 heavy (non-hydrogen) atoms. The van der Waals surface area contributed by atoms with Crippen LogP contribution < -0.4 is 0 Å². The lowest BCUT2D eigenvalue weighted by molar-refractivity contribution is 1.79. The molecule has 0 saturated heterocycles. The van der Waals surface area contributed by atoms with Gasteiger partial charge in [-0.3, -0.25) is 0 Å². The first-order valence-corrected chi connectivity index (χ1v) is 2.72. The highest BCUT2D eigenvalue weighted by molar-refractivity contribution is 5.35. The number of allylic oxidation sites excluding steroid dienone is 4. The van der Waals surface area contributed by atoms with Crippen LogP contribution >= 0.6 is 0 Å². The number of hydrogen-bond acceptors (Lipinski definition) is 0. The molecule has 0 atom stereocenters. The van der Waals surface area contributed by atoms with E-state index in [4.69, 9.17) is 0 Å². The second-order valence-corrected chi connectivity index (χ2v) is 1.50. The van der Waals surface area contributed by atoms with Gasteiger partial charge >= 0.3 is 0 Å². The van der Waals surface area contributed by atoms with Crippen molar-refractivity contribution in [1.29, 1.82) is 0 Å². The van der Waals surface area contributed by atoms with E-state index in [0.29, 0.717) is 0 Å². The molecule has 0 rings (SSSR count). The van der Waals surface area contributed by atoms with Crippen LogP contribution in [0.5, 0.6) is 0 Å². The first-order valence-electron chi connectivity index (χ1n) is 2.72. The molecule has 46 valence electrons. The summed E-state index contributed by atoms with van der Waals surface area (Å²) in [7, 11) is 0. The minimum absolute atomic E-state index is 0.817. The van der Waals surface area contributed by atoms with E-state index in [1.54, 1.807) is 13.0 Å². The van der Waals surface area contributed by atoms with E-state index in [-0.39, 0.29) is 0 Å². The van der Waals surface area contributed by atoms with Crippen LogP contribution in [0.4, 0.5) is 0 Å². The Bertz CT molecular complexity index is 184. The van der Waals surface area contributed by atoms with Crippen LogP contribution in [0.15, 0.2) is 37.0 Å². The van der Waals surface area contributed by atoms with Gasteiger partial charge in [0.05, 0.1) is 0 Å². The highest BCUT2D eigenvalue weighted by Crippen LogP contribution is 1.88. The lowest BCUT2D eigenvalue weighted by Crippen LogP contribution is -1.63. The molecular formula is C9H10. The van der Waals surface area contributed by atoms with Gasteiger partial charge < -0.3 is 0 Å². The molecule has 0 heteroatoms. The standard InChI is InChI=1S/C9H10/c1-4-6-8-9(3)7-5-2/h4,6,8H,1,3H2,2H3/b8-6-. The predicted octanol–water partition coefficient (Wildman–Crippen LogP) is 2.31. The summed E-state index contributed by atoms with van der Waals surface area (Å²) in [6.45, 7) is 8.98. The summed E-state index contributed by atoms with van der Waals surface area (Å²) in [5.41, 5.74) is 0.817. The zero-order chi connectivity index (χ0) is 7.11. The molecule has 0 amide bonds. The Morgan fingerprint density at radius 2 is 2.22 bits per heavy atom. The molecule has 0 N–H and O–H groups in total. The SMILES string of the molecule is C=C/C=C\C(=C)C#CC. The van der Waals surface area contributed by atoms with Gasteiger partial charge in [-0.15, -0.1) is 5.92 Å². The van der Waals surface area contributed by atoms with Gasteiger partial charge in [-0.2, -0.15) is 0 Å². The van der Waals surface area contributed by atoms with Crippen molar-refractivity contribution < 1.29 is 0 Å². The molecule has 0 aromatic heterocycles. The van der Waals surface area contributed by atoms with Crippen LogP contribution in [0.25, 0.3) is 0 Å². The van der Waals surface area contributed by atoms with Crippen LogP contribution in [0.1, 0.15) is 6.92 Å². The molecule has 0 aliphatic heterocycles. The fraction of sp³-hybridized carbons (Fsp3) is 0.111. The van der Waals surface area contributed by atoms with Crippen molar-refractivity contribution >= 4 is 0 Å². The van der Waals surface area contributed by atoms with Crippen molar-refractivity contribution in [3.05, 3.63) is 37.0 Å². The van der Waals surface area contributed by atoms with Gasteiger partial charge in [0.1, 0.15) is 0 Å². The van der Waals surface area contributed by atoms with Crippen molar-refractivity contribution in [3.63, 3.8) is 0 Å². The van der Waals surface area contributed by atoms with E-state index in [2.05, 4.69) is 25.0 Å². The highest BCUT2D eigenvalue weighted by atomic mass is 13.8. The van der Waals surface area contributed by atoms with Gasteiger partial charge in [0.15, 0.2) is 0 Å². The lowest BCUT2D eigenvalue weighted by Gasteiger charge is -1.78. The van der Waals surface area contributed by atoms with Crippen molar-refractivity contribution in [2.75, 3.05) is 0 Å². The van der Waals surface area contributed by atoms with E-state index in [1.165, 1.54) is 0 Å². The van der Waals surface area contributed by atoms with Crippen LogP contribution in [0, 0.1) is 11.8 Å². The average Bonchev–Trinajstić information content (AvgIpc) is 1.85. The second kappa shape index (κ2) is 4.93. The predicted molar refractivity (Wildman–Crippen MR) is 41.9 cm³/mol. The molecule has 0 nitrogen and oxygen atoms in total. The third-order valence-electron chi connectivity index (χ3n) is 0.719. The van der Waals surface area contributed by atoms with Gasteiger partial charge in [-0.05, 0) is 13.0 Å². The number of hydrogen-bond donors (Lipinski definition) is 0. The van der Waals surface area contributed by atoms with E-state index >= 15 is 0 Å². The van der Waals surface area contributed by atoms with Crippen LogP contribution in [-0.4, -0.2) is 0 Å². The Hall–Kier alpha value is -1.22. The van der Waals surface area contributed by atoms with Gasteiger partial charge in [-0.1, -0.05) is 31.2 Å². The van der Waals surface area contributed by atoms with Gasteiger partial charge in [0.2, 0.25) is 0 Å². The molecule has 0 unspecified atom stereocenters. The summed E-state index contributed by atoms with van der Waals surface area (Å²) in [6.07, 6.45) is 5.33. The maximum atomic E-state index is 3.67. The average molecular weight is 118 g/mol. The minimum Gasteiger partial charge on any atom is -0.101 e. The zero-order valence-corrected chi connectivity index (χ0v) is 5.65. The third kappa shape index (κ3) is 4.64. The van der Waals surface area contributed by atoms with E-state index in [9.17, 15) is 0 Å². The molecule has 0 aromatic rings. The summed E-state index contributed by atoms with van der Waals surface area (Å²) in [5, 5.41) is 0. The minimum atomic E-state index is 0.817. The summed E-state index contributed by atoms with van der Waals surface area (Å²) >= 11 is 0. The van der Waals surface area contributed by atoms with E-state index in [1.807, 2.05) is 12.2 Å². The van der Waals surface area contributed by atoms with Crippen molar-refractivity contribution in [2.45, 2.75) is 6.92 Å². The summed E-state index contributed by atoms with van der Waals surface area (Å²) in [4.78, 5) is 0. The first kappa shape index (κ1) is 7.78. The zero-order valence-electron chi connectivity index (χ0n) is 5.65. The smallest absolute Gasteiger partial charge is 0.0173 e. The highest BCUT2D eigenvalue weighted by Gasteiger charge is 1.72. The van der Waals surface area contributed by atoms with Gasteiger partial charge in [0.25, 0.3) is 0 Å². The van der Waals surface area contributed by atoms with Crippen molar-refractivity contribution in [2.24, 2.45) is 0 Å². The normalized spacial score (nSPS) is 8.11. The van der Waals surface area contributed by atoms with E-state index < -0.39 is 0 Å². The monoisotopic (exact) mass is 118 g/mol. The van der Waals surface area contributed by atoms with Crippen LogP contribution in [0.3, 0.4) is 0 Å². The topological polar surface area (TPSA) is 0 Å². The Kier molecular flexibility index (Phi) is 4.26. The van der Waals surface area contributed by atoms with Crippen LogP contribution in [-0.2, 0) is 0 Å². The van der Waals surface area contributed by atoms with Gasteiger partial charge in [0, 0.05) is 5.57 Å². The molecule has 0 spiro atoms. The van der Waals surface area contributed by atoms with Crippen LogP contribution in [0.2, 0.25) is 0 Å². The third-order valence-corrected chi connectivity index (χ3v) is 0.719. The largest absolute Gasteiger partial charge is 0.101 e. The molecular weight excluding hydrogens is 108 g/mol. The first-order chi connectivity index (χ1) is 4.31. The fourth-order valence-electron chi connectivity index (χ4n) is 0.386. The quantitative estimate of drug-likeness (QED) is 0.385. The molecule has 0 heterocycles. The van der Waals surface area contributed by atoms with Gasteiger partial charge in [-0.25, -0.2) is 0 Å². The Morgan fingerprint density at radius 1 is 1.56 bits per heavy atom. The molecule has 0 aliphatic rings. The Balaban J connectivity index is 3.86. The molecule has 0 saturated carbocycles. The Labute approximate surface area is 56.6 Å². The Morgan fingerprint density at radius 3 is 2.67 bits per heavy atom. The fourth-order valence-corrected chi connectivity index (χ4v) is 0.386. The molecule has 0 aliphatic carbocycles. The van der Waals surface area contributed by atoms with Crippen molar-refractivity contribution in [3.8, 4) is 11.8 Å². The summed E-state index contributed by atoms with van der Waals surface area (Å²) in [5.74, 6) is 5.54. The number of rotatable bonds is 2. The molecule has 0 aromatic carbocycles. The second-order valence-electron chi connectivity index (χ2n) is 1.50. The molecule has 0 fully saturated rings. The summed E-state index contributed by atoms with van der Waals surface area (Å²) in [6, 6.07) is 0. The van der Waals surface area contributed by atoms with E-state index in [0.717, 1.165) is 5.57 Å². The maximum absolute atomic E-state index is 3.67.